The van der Waals surface area contributed by atoms with E-state index >= 15 is 0 Å². The van der Waals surface area contributed by atoms with Crippen molar-refractivity contribution < 1.29 is 4.74 Å². The number of nitrogens with zero attached hydrogens (tertiary/aromatic N) is 2. The van der Waals surface area contributed by atoms with Crippen molar-refractivity contribution in [3.05, 3.63) is 46.8 Å². The molecule has 112 valence electrons. The van der Waals surface area contributed by atoms with Crippen LogP contribution in [0.3, 0.4) is 0 Å². The fourth-order valence-electron chi connectivity index (χ4n) is 2.97. The van der Waals surface area contributed by atoms with Crippen molar-refractivity contribution in [2.45, 2.75) is 32.7 Å². The third kappa shape index (κ3) is 2.81. The standard InChI is InChI=1S/C17H23N3O/c1-4-8-18-17(15-10-12(2)19-20(15)3)14-5-6-16-13(11-14)7-9-21-16/h5-6,10-11,17-18H,4,7-9H2,1-3H3. The second kappa shape index (κ2) is 5.90. The first-order chi connectivity index (χ1) is 10.2. The molecule has 0 aliphatic carbocycles. The van der Waals surface area contributed by atoms with Crippen LogP contribution >= 0.6 is 0 Å². The number of rotatable bonds is 5. The molecule has 0 saturated heterocycles. The van der Waals surface area contributed by atoms with Gasteiger partial charge in [-0.2, -0.15) is 5.10 Å². The van der Waals surface area contributed by atoms with Crippen molar-refractivity contribution in [1.29, 1.82) is 0 Å². The average molecular weight is 285 g/mol. The molecule has 1 unspecified atom stereocenters. The number of hydrogen-bond acceptors (Lipinski definition) is 3. The minimum absolute atomic E-state index is 0.182. The predicted molar refractivity (Wildman–Crippen MR) is 83.7 cm³/mol. The molecule has 0 amide bonds. The normalized spacial score (nSPS) is 14.8. The highest BCUT2D eigenvalue weighted by atomic mass is 16.5. The Bertz CT molecular complexity index is 633. The molecular weight excluding hydrogens is 262 g/mol. The Morgan fingerprint density at radius 3 is 2.95 bits per heavy atom. The summed E-state index contributed by atoms with van der Waals surface area (Å²) < 4.78 is 7.59. The molecule has 3 rings (SSSR count). The largest absolute Gasteiger partial charge is 0.493 e. The van der Waals surface area contributed by atoms with Crippen molar-refractivity contribution in [1.82, 2.24) is 15.1 Å². The average Bonchev–Trinajstić information content (AvgIpc) is 3.05. The van der Waals surface area contributed by atoms with E-state index in [4.69, 9.17) is 4.74 Å². The molecule has 1 aromatic heterocycles. The Morgan fingerprint density at radius 2 is 2.24 bits per heavy atom. The first kappa shape index (κ1) is 14.1. The summed E-state index contributed by atoms with van der Waals surface area (Å²) in [5.41, 5.74) is 4.87. The first-order valence-corrected chi connectivity index (χ1v) is 7.68. The number of benzene rings is 1. The number of hydrogen-bond donors (Lipinski definition) is 1. The Balaban J connectivity index is 1.97. The number of aromatic nitrogens is 2. The Labute approximate surface area is 126 Å². The summed E-state index contributed by atoms with van der Waals surface area (Å²) >= 11 is 0. The Hall–Kier alpha value is -1.81. The number of aryl methyl sites for hydroxylation is 2. The monoisotopic (exact) mass is 285 g/mol. The highest BCUT2D eigenvalue weighted by molar-refractivity contribution is 5.42. The summed E-state index contributed by atoms with van der Waals surface area (Å²) in [5.74, 6) is 1.04. The molecule has 1 aliphatic heterocycles. The highest BCUT2D eigenvalue weighted by Gasteiger charge is 2.20. The van der Waals surface area contributed by atoms with Crippen molar-refractivity contribution >= 4 is 0 Å². The van der Waals surface area contributed by atoms with Crippen LogP contribution in [-0.4, -0.2) is 22.9 Å². The van der Waals surface area contributed by atoms with Gasteiger partial charge < -0.3 is 10.1 Å². The van der Waals surface area contributed by atoms with Gasteiger partial charge in [-0.3, -0.25) is 4.68 Å². The van der Waals surface area contributed by atoms with Gasteiger partial charge in [-0.05, 0) is 43.1 Å². The molecule has 0 saturated carbocycles. The van der Waals surface area contributed by atoms with Gasteiger partial charge in [0, 0.05) is 13.5 Å². The van der Waals surface area contributed by atoms with Crippen molar-refractivity contribution in [2.75, 3.05) is 13.2 Å². The minimum Gasteiger partial charge on any atom is -0.493 e. The molecule has 1 aromatic carbocycles. The Morgan fingerprint density at radius 1 is 1.38 bits per heavy atom. The van der Waals surface area contributed by atoms with E-state index in [1.54, 1.807) is 0 Å². The zero-order valence-corrected chi connectivity index (χ0v) is 13.0. The first-order valence-electron chi connectivity index (χ1n) is 7.68. The Kier molecular flexibility index (Phi) is 3.97. The van der Waals surface area contributed by atoms with Crippen LogP contribution in [0, 0.1) is 6.92 Å². The van der Waals surface area contributed by atoms with Gasteiger partial charge in [0.25, 0.3) is 0 Å². The van der Waals surface area contributed by atoms with Crippen LogP contribution in [0.25, 0.3) is 0 Å². The second-order valence-electron chi connectivity index (χ2n) is 5.69. The summed E-state index contributed by atoms with van der Waals surface area (Å²) in [6.45, 7) is 6.02. The molecule has 0 bridgehead atoms. The van der Waals surface area contributed by atoms with Crippen LogP contribution < -0.4 is 10.1 Å². The molecule has 0 spiro atoms. The van der Waals surface area contributed by atoms with E-state index in [9.17, 15) is 0 Å². The molecule has 1 aliphatic rings. The zero-order chi connectivity index (χ0) is 14.8. The van der Waals surface area contributed by atoms with Crippen molar-refractivity contribution in [2.24, 2.45) is 7.05 Å². The SMILES string of the molecule is CCCNC(c1ccc2c(c1)CCO2)c1cc(C)nn1C. The van der Waals surface area contributed by atoms with Gasteiger partial charge in [0.15, 0.2) is 0 Å². The molecular formula is C17H23N3O. The van der Waals surface area contributed by atoms with Gasteiger partial charge in [-0.25, -0.2) is 0 Å². The molecule has 2 aromatic rings. The third-order valence-corrected chi connectivity index (χ3v) is 3.98. The van der Waals surface area contributed by atoms with Crippen molar-refractivity contribution in [3.8, 4) is 5.75 Å². The lowest BCUT2D eigenvalue weighted by Crippen LogP contribution is -2.25. The molecule has 0 fully saturated rings. The fourth-order valence-corrected chi connectivity index (χ4v) is 2.97. The van der Waals surface area contributed by atoms with Gasteiger partial charge in [-0.1, -0.05) is 19.1 Å². The van der Waals surface area contributed by atoms with Crippen LogP contribution in [0.5, 0.6) is 5.75 Å². The summed E-state index contributed by atoms with van der Waals surface area (Å²) in [5, 5.41) is 8.14. The molecule has 1 N–H and O–H groups in total. The van der Waals surface area contributed by atoms with E-state index in [1.807, 2.05) is 18.7 Å². The minimum atomic E-state index is 0.182. The maximum absolute atomic E-state index is 5.61. The molecule has 4 heteroatoms. The zero-order valence-electron chi connectivity index (χ0n) is 13.0. The highest BCUT2D eigenvalue weighted by Crippen LogP contribution is 2.30. The number of fused-ring (bicyclic) bond motifs is 1. The van der Waals surface area contributed by atoms with E-state index in [0.29, 0.717) is 0 Å². The van der Waals surface area contributed by atoms with Gasteiger partial charge in [0.05, 0.1) is 24.0 Å². The summed E-state index contributed by atoms with van der Waals surface area (Å²) in [4.78, 5) is 0. The lowest BCUT2D eigenvalue weighted by molar-refractivity contribution is 0.356. The smallest absolute Gasteiger partial charge is 0.122 e. The third-order valence-electron chi connectivity index (χ3n) is 3.98. The summed E-state index contributed by atoms with van der Waals surface area (Å²) in [7, 11) is 2.01. The number of ether oxygens (including phenoxy) is 1. The van der Waals surface area contributed by atoms with Crippen molar-refractivity contribution in [3.63, 3.8) is 0 Å². The van der Waals surface area contributed by atoms with Gasteiger partial charge in [0.2, 0.25) is 0 Å². The quantitative estimate of drug-likeness (QED) is 0.918. The van der Waals surface area contributed by atoms with E-state index < -0.39 is 0 Å². The topological polar surface area (TPSA) is 39.1 Å². The predicted octanol–water partition coefficient (Wildman–Crippen LogP) is 2.75. The van der Waals surface area contributed by atoms with E-state index in [1.165, 1.54) is 16.8 Å². The summed E-state index contributed by atoms with van der Waals surface area (Å²) in [6.07, 6.45) is 2.12. The lowest BCUT2D eigenvalue weighted by atomic mass is 9.99. The van der Waals surface area contributed by atoms with Crippen LogP contribution in [0.15, 0.2) is 24.3 Å². The van der Waals surface area contributed by atoms with E-state index in [2.05, 4.69) is 41.6 Å². The van der Waals surface area contributed by atoms with Gasteiger partial charge in [0.1, 0.15) is 5.75 Å². The fraction of sp³-hybridized carbons (Fsp3) is 0.471. The summed E-state index contributed by atoms with van der Waals surface area (Å²) in [6, 6.07) is 8.89. The van der Waals surface area contributed by atoms with E-state index in [-0.39, 0.29) is 6.04 Å². The van der Waals surface area contributed by atoms with E-state index in [0.717, 1.165) is 37.4 Å². The molecule has 1 atom stereocenters. The van der Waals surface area contributed by atoms with Crippen LogP contribution in [0.4, 0.5) is 0 Å². The lowest BCUT2D eigenvalue weighted by Gasteiger charge is -2.20. The van der Waals surface area contributed by atoms with Crippen LogP contribution in [-0.2, 0) is 13.5 Å². The number of nitrogens with one attached hydrogen (secondary N) is 1. The maximum Gasteiger partial charge on any atom is 0.122 e. The molecule has 4 nitrogen and oxygen atoms in total. The molecule has 0 radical (unpaired) electrons. The maximum atomic E-state index is 5.61. The molecule has 21 heavy (non-hydrogen) atoms. The molecule has 2 heterocycles. The van der Waals surface area contributed by atoms with Crippen LogP contribution in [0.2, 0.25) is 0 Å². The van der Waals surface area contributed by atoms with Crippen LogP contribution in [0.1, 0.15) is 41.9 Å². The van der Waals surface area contributed by atoms with Gasteiger partial charge >= 0.3 is 0 Å². The second-order valence-corrected chi connectivity index (χ2v) is 5.69. The van der Waals surface area contributed by atoms with Gasteiger partial charge in [-0.15, -0.1) is 0 Å².